The molecule has 2 atom stereocenters. The SMILES string of the molecule is Cn1c(-c2ccccc2Cl)nn(CN2CCC[C@H]3CCCC[C@@H]32)c1=S. The van der Waals surface area contributed by atoms with Crippen LogP contribution in [0.15, 0.2) is 24.3 Å². The number of hydrogen-bond donors (Lipinski definition) is 0. The Morgan fingerprint density at radius 3 is 2.76 bits per heavy atom. The first-order valence-corrected chi connectivity index (χ1v) is 10.1. The molecule has 134 valence electrons. The summed E-state index contributed by atoms with van der Waals surface area (Å²) in [6.07, 6.45) is 8.14. The van der Waals surface area contributed by atoms with Crippen LogP contribution in [0.3, 0.4) is 0 Å². The molecule has 0 unspecified atom stereocenters. The van der Waals surface area contributed by atoms with Crippen molar-refractivity contribution in [1.29, 1.82) is 0 Å². The highest BCUT2D eigenvalue weighted by molar-refractivity contribution is 7.71. The van der Waals surface area contributed by atoms with Gasteiger partial charge in [-0.25, -0.2) is 4.68 Å². The highest BCUT2D eigenvalue weighted by Gasteiger charge is 2.33. The van der Waals surface area contributed by atoms with Gasteiger partial charge in [0, 0.05) is 25.2 Å². The molecule has 2 aliphatic rings. The summed E-state index contributed by atoms with van der Waals surface area (Å²) in [5.74, 6) is 1.70. The molecule has 1 aliphatic carbocycles. The van der Waals surface area contributed by atoms with Gasteiger partial charge in [-0.3, -0.25) is 4.90 Å². The van der Waals surface area contributed by atoms with Crippen LogP contribution in [0.2, 0.25) is 5.02 Å². The van der Waals surface area contributed by atoms with Crippen LogP contribution in [0.25, 0.3) is 11.4 Å². The highest BCUT2D eigenvalue weighted by Crippen LogP contribution is 2.35. The average molecular weight is 377 g/mol. The first-order valence-electron chi connectivity index (χ1n) is 9.28. The molecule has 2 fully saturated rings. The Bertz CT molecular complexity index is 810. The predicted molar refractivity (Wildman–Crippen MR) is 104 cm³/mol. The Morgan fingerprint density at radius 2 is 1.92 bits per heavy atom. The van der Waals surface area contributed by atoms with E-state index < -0.39 is 0 Å². The van der Waals surface area contributed by atoms with Crippen molar-refractivity contribution in [2.24, 2.45) is 13.0 Å². The van der Waals surface area contributed by atoms with Gasteiger partial charge in [-0.2, -0.15) is 5.10 Å². The smallest absolute Gasteiger partial charge is 0.199 e. The van der Waals surface area contributed by atoms with E-state index in [1.807, 2.05) is 40.6 Å². The van der Waals surface area contributed by atoms with Crippen molar-refractivity contribution in [1.82, 2.24) is 19.2 Å². The number of piperidine rings is 1. The van der Waals surface area contributed by atoms with E-state index in [1.54, 1.807) is 0 Å². The molecule has 0 bridgehead atoms. The molecule has 4 rings (SSSR count). The molecule has 1 aromatic carbocycles. The van der Waals surface area contributed by atoms with E-state index in [0.717, 1.165) is 35.3 Å². The second kappa shape index (κ2) is 7.22. The zero-order valence-corrected chi connectivity index (χ0v) is 16.3. The largest absolute Gasteiger partial charge is 0.303 e. The summed E-state index contributed by atoms with van der Waals surface area (Å²) in [7, 11) is 1.98. The Balaban J connectivity index is 1.62. The van der Waals surface area contributed by atoms with Gasteiger partial charge in [-0.05, 0) is 56.0 Å². The van der Waals surface area contributed by atoms with E-state index in [-0.39, 0.29) is 0 Å². The van der Waals surface area contributed by atoms with Gasteiger partial charge in [0.1, 0.15) is 0 Å². The molecule has 2 heterocycles. The first kappa shape index (κ1) is 17.3. The Hall–Kier alpha value is -1.17. The predicted octanol–water partition coefficient (Wildman–Crippen LogP) is 4.88. The van der Waals surface area contributed by atoms with Gasteiger partial charge < -0.3 is 4.57 Å². The number of hydrogen-bond acceptors (Lipinski definition) is 3. The van der Waals surface area contributed by atoms with Gasteiger partial charge in [0.05, 0.1) is 11.7 Å². The Kier molecular flexibility index (Phi) is 4.98. The summed E-state index contributed by atoms with van der Waals surface area (Å²) in [6, 6.07) is 8.53. The van der Waals surface area contributed by atoms with E-state index in [2.05, 4.69) is 4.90 Å². The minimum absolute atomic E-state index is 0.704. The molecule has 25 heavy (non-hydrogen) atoms. The third kappa shape index (κ3) is 3.29. The fraction of sp³-hybridized carbons (Fsp3) is 0.579. The monoisotopic (exact) mass is 376 g/mol. The molecular weight excluding hydrogens is 352 g/mol. The van der Waals surface area contributed by atoms with E-state index in [1.165, 1.54) is 38.5 Å². The summed E-state index contributed by atoms with van der Waals surface area (Å²) in [6.45, 7) is 1.94. The van der Waals surface area contributed by atoms with E-state index >= 15 is 0 Å². The fourth-order valence-corrected chi connectivity index (χ4v) is 4.94. The summed E-state index contributed by atoms with van der Waals surface area (Å²) < 4.78 is 4.71. The van der Waals surface area contributed by atoms with E-state index in [4.69, 9.17) is 28.9 Å². The van der Waals surface area contributed by atoms with Crippen molar-refractivity contribution in [2.75, 3.05) is 6.54 Å². The van der Waals surface area contributed by atoms with Crippen LogP contribution in [-0.2, 0) is 13.7 Å². The van der Waals surface area contributed by atoms with Gasteiger partial charge in [0.25, 0.3) is 0 Å². The molecule has 6 heteroatoms. The maximum atomic E-state index is 6.37. The van der Waals surface area contributed by atoms with Crippen molar-refractivity contribution in [2.45, 2.75) is 51.2 Å². The molecule has 1 saturated carbocycles. The maximum Gasteiger partial charge on any atom is 0.199 e. The average Bonchev–Trinajstić information content (AvgIpc) is 2.91. The van der Waals surface area contributed by atoms with Gasteiger partial charge in [-0.1, -0.05) is 36.6 Å². The zero-order valence-electron chi connectivity index (χ0n) is 14.7. The lowest BCUT2D eigenvalue weighted by Gasteiger charge is -2.43. The van der Waals surface area contributed by atoms with Gasteiger partial charge in [0.15, 0.2) is 10.6 Å². The molecule has 1 saturated heterocycles. The number of fused-ring (bicyclic) bond motifs is 1. The maximum absolute atomic E-state index is 6.37. The number of nitrogens with zero attached hydrogens (tertiary/aromatic N) is 4. The number of likely N-dealkylation sites (tertiary alicyclic amines) is 1. The minimum atomic E-state index is 0.704. The zero-order chi connectivity index (χ0) is 17.4. The molecule has 0 radical (unpaired) electrons. The number of halogens is 1. The fourth-order valence-electron chi connectivity index (χ4n) is 4.53. The van der Waals surface area contributed by atoms with Gasteiger partial charge in [-0.15, -0.1) is 0 Å². The van der Waals surface area contributed by atoms with E-state index in [0.29, 0.717) is 11.1 Å². The topological polar surface area (TPSA) is 26.0 Å². The van der Waals surface area contributed by atoms with Crippen molar-refractivity contribution in [3.8, 4) is 11.4 Å². The lowest BCUT2D eigenvalue weighted by atomic mass is 9.78. The van der Waals surface area contributed by atoms with Crippen molar-refractivity contribution < 1.29 is 0 Å². The van der Waals surface area contributed by atoms with Crippen LogP contribution in [0.5, 0.6) is 0 Å². The summed E-state index contributed by atoms with van der Waals surface area (Å²) >= 11 is 12.0. The summed E-state index contributed by atoms with van der Waals surface area (Å²) in [5.41, 5.74) is 0.936. The van der Waals surface area contributed by atoms with Crippen molar-refractivity contribution >= 4 is 23.8 Å². The normalized spacial score (nSPS) is 24.2. The highest BCUT2D eigenvalue weighted by atomic mass is 35.5. The number of benzene rings is 1. The quantitative estimate of drug-likeness (QED) is 0.714. The third-order valence-electron chi connectivity index (χ3n) is 5.83. The number of aromatic nitrogens is 3. The van der Waals surface area contributed by atoms with Crippen LogP contribution in [-0.4, -0.2) is 31.8 Å². The Labute approximate surface area is 159 Å². The van der Waals surface area contributed by atoms with Crippen molar-refractivity contribution in [3.63, 3.8) is 0 Å². The molecule has 0 N–H and O–H groups in total. The van der Waals surface area contributed by atoms with Crippen molar-refractivity contribution in [3.05, 3.63) is 34.1 Å². The second-order valence-corrected chi connectivity index (χ2v) is 8.12. The molecule has 0 amide bonds. The first-order chi connectivity index (χ1) is 12.1. The minimum Gasteiger partial charge on any atom is -0.303 e. The standard InChI is InChI=1S/C19H25ClN4S/c1-22-18(15-9-3-4-10-16(15)20)21-24(19(22)25)13-23-12-6-8-14-7-2-5-11-17(14)23/h3-4,9-10,14,17H,2,5-8,11-13H2,1H3/t14-,17+/m1/s1. The second-order valence-electron chi connectivity index (χ2n) is 7.35. The van der Waals surface area contributed by atoms with E-state index in [9.17, 15) is 0 Å². The number of rotatable bonds is 3. The molecule has 4 nitrogen and oxygen atoms in total. The molecule has 2 aromatic rings. The third-order valence-corrected chi connectivity index (χ3v) is 6.64. The molecule has 0 spiro atoms. The lowest BCUT2D eigenvalue weighted by molar-refractivity contribution is 0.0323. The Morgan fingerprint density at radius 1 is 1.16 bits per heavy atom. The molecule has 1 aliphatic heterocycles. The van der Waals surface area contributed by atoms with Crippen LogP contribution < -0.4 is 0 Å². The van der Waals surface area contributed by atoms with Crippen LogP contribution >= 0.6 is 23.8 Å². The van der Waals surface area contributed by atoms with Crippen LogP contribution in [0, 0.1) is 10.7 Å². The molecular formula is C19H25ClN4S. The lowest BCUT2D eigenvalue weighted by Crippen LogP contribution is -2.47. The van der Waals surface area contributed by atoms with Gasteiger partial charge in [0.2, 0.25) is 0 Å². The summed E-state index contributed by atoms with van der Waals surface area (Å²) in [4.78, 5) is 2.60. The molecule has 1 aromatic heterocycles. The van der Waals surface area contributed by atoms with Crippen LogP contribution in [0.4, 0.5) is 0 Å². The van der Waals surface area contributed by atoms with Gasteiger partial charge >= 0.3 is 0 Å². The van der Waals surface area contributed by atoms with Crippen LogP contribution in [0.1, 0.15) is 38.5 Å². The summed E-state index contributed by atoms with van der Waals surface area (Å²) in [5, 5.41) is 5.53.